The van der Waals surface area contributed by atoms with Crippen LogP contribution >= 0.6 is 11.6 Å². The summed E-state index contributed by atoms with van der Waals surface area (Å²) in [6.07, 6.45) is 8.92. The number of nitrogens with two attached hydrogens (primary N) is 1. The van der Waals surface area contributed by atoms with Gasteiger partial charge in [-0.3, -0.25) is 0 Å². The molecular weight excluding hydrogens is 334 g/mol. The van der Waals surface area contributed by atoms with Gasteiger partial charge in [0.25, 0.3) is 0 Å². The number of benzene rings is 1. The molecule has 4 heteroatoms. The minimum absolute atomic E-state index is 0.578. The third-order valence-corrected chi connectivity index (χ3v) is 7.53. The van der Waals surface area contributed by atoms with Crippen LogP contribution in [-0.2, 0) is 6.54 Å². The van der Waals surface area contributed by atoms with Crippen LogP contribution in [0.2, 0.25) is 5.02 Å². The van der Waals surface area contributed by atoms with Crippen LogP contribution in [0.1, 0.15) is 51.0 Å². The zero-order valence-corrected chi connectivity index (χ0v) is 16.4. The molecule has 0 aromatic heterocycles. The summed E-state index contributed by atoms with van der Waals surface area (Å²) in [6, 6.07) is 4.76. The molecule has 0 aliphatic heterocycles. The molecule has 2 N–H and O–H groups in total. The van der Waals surface area contributed by atoms with Gasteiger partial charge in [0, 0.05) is 11.0 Å². The van der Waals surface area contributed by atoms with E-state index in [1.807, 2.05) is 6.07 Å². The van der Waals surface area contributed by atoms with Crippen LogP contribution in [-0.4, -0.2) is 20.3 Å². The van der Waals surface area contributed by atoms with Crippen molar-refractivity contribution in [2.45, 2.75) is 58.0 Å². The molecule has 3 nitrogen and oxygen atoms in total. The van der Waals surface area contributed by atoms with E-state index in [9.17, 15) is 0 Å². The number of ether oxygens (including phenoxy) is 2. The predicted molar refractivity (Wildman–Crippen MR) is 100 cm³/mol. The smallest absolute Gasteiger partial charge is 0.179 e. The maximum atomic E-state index is 6.37. The molecule has 0 heterocycles. The van der Waals surface area contributed by atoms with Gasteiger partial charge in [-0.05, 0) is 75.3 Å². The lowest BCUT2D eigenvalue weighted by Crippen LogP contribution is -2.91. The molecule has 4 aliphatic carbocycles. The van der Waals surface area contributed by atoms with Gasteiger partial charge < -0.3 is 14.8 Å². The van der Waals surface area contributed by atoms with Gasteiger partial charge in [-0.15, -0.1) is 0 Å². The van der Waals surface area contributed by atoms with Crippen molar-refractivity contribution >= 4 is 11.6 Å². The Bertz CT molecular complexity index is 610. The summed E-state index contributed by atoms with van der Waals surface area (Å²) < 4.78 is 10.8. The number of quaternary nitrogens is 1. The van der Waals surface area contributed by atoms with Crippen molar-refractivity contribution in [1.29, 1.82) is 0 Å². The Balaban J connectivity index is 1.46. The standard InChI is InChI=1S/C21H30ClNO2/c1-13(21-9-14-4-15(10-21)6-16(5-14)11-21)23-12-17-7-18(22)20(25-3)19(8-17)24-2/h7-8,13-16,23H,4-6,9-12H2,1-3H3/p+1/t13-,14?,15?,16?,21?/m0/s1. The Labute approximate surface area is 156 Å². The van der Waals surface area contributed by atoms with Gasteiger partial charge in [-0.2, -0.15) is 0 Å². The molecule has 0 amide bonds. The van der Waals surface area contributed by atoms with Crippen LogP contribution in [0.3, 0.4) is 0 Å². The molecule has 4 bridgehead atoms. The lowest BCUT2D eigenvalue weighted by Gasteiger charge is -2.57. The van der Waals surface area contributed by atoms with E-state index in [-0.39, 0.29) is 0 Å². The van der Waals surface area contributed by atoms with E-state index >= 15 is 0 Å². The Hall–Kier alpha value is -0.930. The van der Waals surface area contributed by atoms with E-state index in [0.717, 1.165) is 30.0 Å². The highest BCUT2D eigenvalue weighted by atomic mass is 35.5. The summed E-state index contributed by atoms with van der Waals surface area (Å²) in [5.74, 6) is 4.38. The van der Waals surface area contributed by atoms with Crippen LogP contribution in [0.15, 0.2) is 12.1 Å². The highest BCUT2D eigenvalue weighted by Gasteiger charge is 2.54. The normalized spacial score (nSPS) is 34.2. The predicted octanol–water partition coefficient (Wildman–Crippen LogP) is 4.03. The van der Waals surface area contributed by atoms with Gasteiger partial charge in [0.05, 0.1) is 25.3 Å². The van der Waals surface area contributed by atoms with Crippen molar-refractivity contribution in [2.24, 2.45) is 23.2 Å². The first kappa shape index (κ1) is 17.5. The molecule has 0 spiro atoms. The van der Waals surface area contributed by atoms with Crippen molar-refractivity contribution in [3.8, 4) is 11.5 Å². The Morgan fingerprint density at radius 1 is 1.08 bits per heavy atom. The van der Waals surface area contributed by atoms with Gasteiger partial charge in [0.1, 0.15) is 6.54 Å². The Morgan fingerprint density at radius 2 is 1.68 bits per heavy atom. The number of hydrogen-bond acceptors (Lipinski definition) is 2. The maximum Gasteiger partial charge on any atom is 0.179 e. The summed E-state index contributed by atoms with van der Waals surface area (Å²) in [5.41, 5.74) is 1.79. The zero-order valence-electron chi connectivity index (χ0n) is 15.7. The van der Waals surface area contributed by atoms with E-state index < -0.39 is 0 Å². The van der Waals surface area contributed by atoms with Crippen molar-refractivity contribution in [2.75, 3.05) is 14.2 Å². The van der Waals surface area contributed by atoms with Crippen molar-refractivity contribution in [3.05, 3.63) is 22.7 Å². The third-order valence-electron chi connectivity index (χ3n) is 7.25. The molecule has 4 aliphatic rings. The number of methoxy groups -OCH3 is 2. The van der Waals surface area contributed by atoms with Gasteiger partial charge >= 0.3 is 0 Å². The molecule has 138 valence electrons. The topological polar surface area (TPSA) is 35.1 Å². The second-order valence-corrected chi connectivity index (χ2v) is 9.23. The lowest BCUT2D eigenvalue weighted by atomic mass is 9.48. The summed E-state index contributed by atoms with van der Waals surface area (Å²) in [6.45, 7) is 3.40. The minimum atomic E-state index is 0.578. The largest absolute Gasteiger partial charge is 0.493 e. The summed E-state index contributed by atoms with van der Waals surface area (Å²) in [7, 11) is 3.30. The molecule has 1 aromatic carbocycles. The molecule has 0 saturated heterocycles. The molecule has 25 heavy (non-hydrogen) atoms. The first-order valence-corrected chi connectivity index (χ1v) is 10.1. The molecule has 0 unspecified atom stereocenters. The number of halogens is 1. The van der Waals surface area contributed by atoms with Gasteiger partial charge in [0.15, 0.2) is 11.5 Å². The van der Waals surface area contributed by atoms with Gasteiger partial charge in [0.2, 0.25) is 0 Å². The fourth-order valence-electron chi connectivity index (χ4n) is 6.39. The van der Waals surface area contributed by atoms with Gasteiger partial charge in [-0.25, -0.2) is 0 Å². The quantitative estimate of drug-likeness (QED) is 0.827. The van der Waals surface area contributed by atoms with Crippen molar-refractivity contribution < 1.29 is 14.8 Å². The SMILES string of the molecule is COc1cc(C[NH2+][C@@H](C)C23CC4CC(CC(C4)C2)C3)cc(Cl)c1OC. The van der Waals surface area contributed by atoms with Crippen LogP contribution in [0, 0.1) is 23.2 Å². The summed E-state index contributed by atoms with van der Waals surface area (Å²) in [5, 5.41) is 3.16. The Kier molecular flexibility index (Phi) is 4.66. The molecule has 5 rings (SSSR count). The molecule has 4 fully saturated rings. The van der Waals surface area contributed by atoms with Gasteiger partial charge in [-0.1, -0.05) is 11.6 Å². The van der Waals surface area contributed by atoms with Crippen molar-refractivity contribution in [3.63, 3.8) is 0 Å². The van der Waals surface area contributed by atoms with Crippen LogP contribution in [0.25, 0.3) is 0 Å². The molecule has 1 atom stereocenters. The first-order chi connectivity index (χ1) is 12.0. The molecule has 4 saturated carbocycles. The van der Waals surface area contributed by atoms with Crippen molar-refractivity contribution in [1.82, 2.24) is 0 Å². The average Bonchev–Trinajstić information content (AvgIpc) is 2.57. The van der Waals surface area contributed by atoms with E-state index in [1.165, 1.54) is 44.1 Å². The Morgan fingerprint density at radius 3 is 2.20 bits per heavy atom. The van der Waals surface area contributed by atoms with E-state index in [4.69, 9.17) is 21.1 Å². The minimum Gasteiger partial charge on any atom is -0.493 e. The second-order valence-electron chi connectivity index (χ2n) is 8.82. The third kappa shape index (κ3) is 3.14. The van der Waals surface area contributed by atoms with E-state index in [0.29, 0.717) is 22.2 Å². The highest BCUT2D eigenvalue weighted by molar-refractivity contribution is 6.32. The fraction of sp³-hybridized carbons (Fsp3) is 0.714. The number of hydrogen-bond donors (Lipinski definition) is 1. The monoisotopic (exact) mass is 364 g/mol. The zero-order chi connectivity index (χ0) is 17.6. The maximum absolute atomic E-state index is 6.37. The highest BCUT2D eigenvalue weighted by Crippen LogP contribution is 2.60. The summed E-state index contributed by atoms with van der Waals surface area (Å²) >= 11 is 6.37. The van der Waals surface area contributed by atoms with Crippen LogP contribution < -0.4 is 14.8 Å². The summed E-state index contributed by atoms with van der Waals surface area (Å²) in [4.78, 5) is 0. The van der Waals surface area contributed by atoms with E-state index in [1.54, 1.807) is 14.2 Å². The second kappa shape index (κ2) is 6.66. The van der Waals surface area contributed by atoms with Crippen LogP contribution in [0.5, 0.6) is 11.5 Å². The molecular formula is C21H31ClNO2+. The van der Waals surface area contributed by atoms with E-state index in [2.05, 4.69) is 18.3 Å². The lowest BCUT2D eigenvalue weighted by molar-refractivity contribution is -0.717. The molecule has 0 radical (unpaired) electrons. The first-order valence-electron chi connectivity index (χ1n) is 9.76. The fourth-order valence-corrected chi connectivity index (χ4v) is 6.70. The number of rotatable bonds is 6. The van der Waals surface area contributed by atoms with Crippen LogP contribution in [0.4, 0.5) is 0 Å². The average molecular weight is 365 g/mol. The molecule has 1 aromatic rings.